The number of ether oxygens (including phenoxy) is 1. The quantitative estimate of drug-likeness (QED) is 0.803. The molecule has 0 aliphatic rings. The van der Waals surface area contributed by atoms with E-state index in [1.807, 2.05) is 13.8 Å². The Morgan fingerprint density at radius 1 is 1.25 bits per heavy atom. The van der Waals surface area contributed by atoms with Crippen LogP contribution < -0.4 is 15.4 Å². The highest BCUT2D eigenvalue weighted by Gasteiger charge is 2.14. The number of methoxy groups -OCH3 is 1. The van der Waals surface area contributed by atoms with Gasteiger partial charge in [0.25, 0.3) is 0 Å². The van der Waals surface area contributed by atoms with Crippen LogP contribution in [0.5, 0.6) is 5.75 Å². The van der Waals surface area contributed by atoms with Crippen molar-refractivity contribution in [3.63, 3.8) is 0 Å². The van der Waals surface area contributed by atoms with Crippen molar-refractivity contribution < 1.29 is 14.3 Å². The first-order chi connectivity index (χ1) is 9.60. The zero-order chi connectivity index (χ0) is 15.0. The molecule has 0 atom stereocenters. The molecule has 0 bridgehead atoms. The zero-order valence-electron chi connectivity index (χ0n) is 12.2. The number of nitrogens with one attached hydrogen (secondary N) is 2. The summed E-state index contributed by atoms with van der Waals surface area (Å²) in [6.45, 7) is 3.90. The maximum Gasteiger partial charge on any atom is 0.243 e. The number of hydrogen-bond acceptors (Lipinski definition) is 3. The third-order valence-electron chi connectivity index (χ3n) is 3.13. The van der Waals surface area contributed by atoms with Gasteiger partial charge in [-0.25, -0.2) is 0 Å². The Kier molecular flexibility index (Phi) is 6.56. The summed E-state index contributed by atoms with van der Waals surface area (Å²) in [5, 5.41) is 5.36. The fraction of sp³-hybridized carbons (Fsp3) is 0.467. The Bertz CT molecular complexity index is 456. The molecule has 0 heterocycles. The number of anilines is 1. The summed E-state index contributed by atoms with van der Waals surface area (Å²) >= 11 is 0. The van der Waals surface area contributed by atoms with Gasteiger partial charge in [-0.3, -0.25) is 9.59 Å². The van der Waals surface area contributed by atoms with Gasteiger partial charge in [0.1, 0.15) is 5.75 Å². The van der Waals surface area contributed by atoms with Crippen LogP contribution in [-0.2, 0) is 9.59 Å². The van der Waals surface area contributed by atoms with E-state index in [-0.39, 0.29) is 24.3 Å². The summed E-state index contributed by atoms with van der Waals surface area (Å²) in [6, 6.07) is 7.07. The molecular formula is C15H22N2O3. The van der Waals surface area contributed by atoms with Crippen molar-refractivity contribution in [3.05, 3.63) is 24.3 Å². The largest absolute Gasteiger partial charge is 0.497 e. The molecule has 0 fully saturated rings. The fourth-order valence-corrected chi connectivity index (χ4v) is 1.88. The smallest absolute Gasteiger partial charge is 0.243 e. The predicted octanol–water partition coefficient (Wildman–Crippen LogP) is 2.19. The van der Waals surface area contributed by atoms with Gasteiger partial charge in [0.2, 0.25) is 11.8 Å². The number of carbonyl (C=O) groups excluding carboxylic acids is 2. The van der Waals surface area contributed by atoms with E-state index >= 15 is 0 Å². The number of hydrogen-bond donors (Lipinski definition) is 2. The summed E-state index contributed by atoms with van der Waals surface area (Å²) in [5.41, 5.74) is 0.645. The Morgan fingerprint density at radius 2 is 1.95 bits per heavy atom. The molecule has 2 amide bonds. The Morgan fingerprint density at radius 3 is 2.55 bits per heavy atom. The van der Waals surface area contributed by atoms with Crippen molar-refractivity contribution in [3.8, 4) is 5.75 Å². The molecule has 0 saturated heterocycles. The lowest BCUT2D eigenvalue weighted by Crippen LogP contribution is -2.36. The van der Waals surface area contributed by atoms with Crippen molar-refractivity contribution in [2.75, 3.05) is 19.0 Å². The lowest BCUT2D eigenvalue weighted by molar-refractivity contribution is -0.127. The van der Waals surface area contributed by atoms with Crippen LogP contribution in [0.15, 0.2) is 24.3 Å². The average molecular weight is 278 g/mol. The van der Waals surface area contributed by atoms with E-state index in [4.69, 9.17) is 4.74 Å². The van der Waals surface area contributed by atoms with Gasteiger partial charge in [0, 0.05) is 17.7 Å². The molecule has 2 N–H and O–H groups in total. The van der Waals surface area contributed by atoms with Gasteiger partial charge in [-0.2, -0.15) is 0 Å². The van der Waals surface area contributed by atoms with Crippen LogP contribution in [0.3, 0.4) is 0 Å². The molecule has 0 aromatic heterocycles. The van der Waals surface area contributed by atoms with E-state index in [2.05, 4.69) is 10.6 Å². The monoisotopic (exact) mass is 278 g/mol. The highest BCUT2D eigenvalue weighted by molar-refractivity contribution is 5.94. The second-order valence-corrected chi connectivity index (χ2v) is 4.51. The molecule has 0 aliphatic carbocycles. The summed E-state index contributed by atoms with van der Waals surface area (Å²) in [6.07, 6.45) is 1.56. The van der Waals surface area contributed by atoms with Crippen molar-refractivity contribution in [2.45, 2.75) is 26.7 Å². The molecular weight excluding hydrogens is 256 g/mol. The minimum atomic E-state index is -0.252. The average Bonchev–Trinajstić information content (AvgIpc) is 2.46. The molecule has 20 heavy (non-hydrogen) atoms. The normalized spacial score (nSPS) is 10.2. The van der Waals surface area contributed by atoms with Gasteiger partial charge in [0.05, 0.1) is 13.7 Å². The molecule has 1 aromatic carbocycles. The molecule has 1 rings (SSSR count). The highest BCUT2D eigenvalue weighted by Crippen LogP contribution is 2.16. The van der Waals surface area contributed by atoms with E-state index in [0.717, 1.165) is 12.8 Å². The van der Waals surface area contributed by atoms with Gasteiger partial charge in [-0.15, -0.1) is 0 Å². The van der Waals surface area contributed by atoms with Crippen molar-refractivity contribution in [1.82, 2.24) is 5.32 Å². The minimum absolute atomic E-state index is 0.0213. The van der Waals surface area contributed by atoms with E-state index < -0.39 is 0 Å². The third-order valence-corrected chi connectivity index (χ3v) is 3.13. The summed E-state index contributed by atoms with van der Waals surface area (Å²) < 4.78 is 5.07. The second-order valence-electron chi connectivity index (χ2n) is 4.51. The van der Waals surface area contributed by atoms with Crippen LogP contribution in [0.2, 0.25) is 0 Å². The first-order valence-electron chi connectivity index (χ1n) is 6.82. The van der Waals surface area contributed by atoms with Crippen LogP contribution in [0.25, 0.3) is 0 Å². The van der Waals surface area contributed by atoms with Crippen LogP contribution in [0.4, 0.5) is 5.69 Å². The first-order valence-corrected chi connectivity index (χ1v) is 6.82. The summed E-state index contributed by atoms with van der Waals surface area (Å²) in [7, 11) is 1.57. The molecule has 0 spiro atoms. The van der Waals surface area contributed by atoms with Gasteiger partial charge in [-0.1, -0.05) is 19.9 Å². The highest BCUT2D eigenvalue weighted by atomic mass is 16.5. The summed E-state index contributed by atoms with van der Waals surface area (Å²) in [4.78, 5) is 23.5. The fourth-order valence-electron chi connectivity index (χ4n) is 1.88. The number of carbonyl (C=O) groups is 2. The number of rotatable bonds is 7. The Hall–Kier alpha value is -2.04. The minimum Gasteiger partial charge on any atom is -0.497 e. The number of amides is 2. The third kappa shape index (κ3) is 4.91. The molecule has 1 aromatic rings. The van der Waals surface area contributed by atoms with Gasteiger partial charge in [-0.05, 0) is 25.0 Å². The van der Waals surface area contributed by atoms with Crippen LogP contribution >= 0.6 is 0 Å². The van der Waals surface area contributed by atoms with Gasteiger partial charge < -0.3 is 15.4 Å². The summed E-state index contributed by atoms with van der Waals surface area (Å²) in [5.74, 6) is 0.317. The van der Waals surface area contributed by atoms with Crippen molar-refractivity contribution >= 4 is 17.5 Å². The van der Waals surface area contributed by atoms with E-state index in [1.54, 1.807) is 31.4 Å². The Labute approximate surface area is 119 Å². The topological polar surface area (TPSA) is 67.4 Å². The maximum atomic E-state index is 11.8. The van der Waals surface area contributed by atoms with E-state index in [1.165, 1.54) is 0 Å². The first kappa shape index (κ1) is 16.0. The molecule has 0 aliphatic heterocycles. The standard InChI is InChI=1S/C15H22N2O3/c1-4-11(5-2)15(19)16-10-14(18)17-12-7-6-8-13(9-12)20-3/h6-9,11H,4-5,10H2,1-3H3,(H,16,19)(H,17,18). The SMILES string of the molecule is CCC(CC)C(=O)NCC(=O)Nc1cccc(OC)c1. The molecule has 5 heteroatoms. The van der Waals surface area contributed by atoms with Crippen molar-refractivity contribution in [2.24, 2.45) is 5.92 Å². The van der Waals surface area contributed by atoms with Crippen molar-refractivity contribution in [1.29, 1.82) is 0 Å². The zero-order valence-corrected chi connectivity index (χ0v) is 12.2. The molecule has 110 valence electrons. The van der Waals surface area contributed by atoms with E-state index in [9.17, 15) is 9.59 Å². The lowest BCUT2D eigenvalue weighted by Gasteiger charge is -2.12. The number of benzene rings is 1. The Balaban J connectivity index is 2.45. The van der Waals surface area contributed by atoms with Crippen LogP contribution in [-0.4, -0.2) is 25.5 Å². The van der Waals surface area contributed by atoms with Crippen LogP contribution in [0.1, 0.15) is 26.7 Å². The lowest BCUT2D eigenvalue weighted by atomic mass is 10.0. The molecule has 0 unspecified atom stereocenters. The van der Waals surface area contributed by atoms with Crippen LogP contribution in [0, 0.1) is 5.92 Å². The molecule has 5 nitrogen and oxygen atoms in total. The van der Waals surface area contributed by atoms with Gasteiger partial charge >= 0.3 is 0 Å². The molecule has 0 radical (unpaired) electrons. The van der Waals surface area contributed by atoms with Gasteiger partial charge in [0.15, 0.2) is 0 Å². The van der Waals surface area contributed by atoms with E-state index in [0.29, 0.717) is 11.4 Å². The predicted molar refractivity (Wildman–Crippen MR) is 78.7 cm³/mol. The molecule has 0 saturated carbocycles. The second kappa shape index (κ2) is 8.19. The maximum absolute atomic E-state index is 11.8.